The first-order chi connectivity index (χ1) is 15.4. The third kappa shape index (κ3) is 6.00. The lowest BCUT2D eigenvalue weighted by atomic mass is 9.68. The van der Waals surface area contributed by atoms with E-state index in [0.717, 1.165) is 6.07 Å². The zero-order valence-electron chi connectivity index (χ0n) is 19.7. The number of hydrogen-bond acceptors (Lipinski definition) is 6. The highest BCUT2D eigenvalue weighted by Crippen LogP contribution is 2.42. The van der Waals surface area contributed by atoms with Crippen LogP contribution >= 0.6 is 0 Å². The second-order valence-corrected chi connectivity index (χ2v) is 10.8. The van der Waals surface area contributed by atoms with E-state index in [9.17, 15) is 31.2 Å². The molecule has 12 heteroatoms. The zero-order chi connectivity index (χ0) is 26.1. The van der Waals surface area contributed by atoms with E-state index in [1.807, 2.05) is 0 Å². The van der Waals surface area contributed by atoms with Crippen molar-refractivity contribution in [3.63, 3.8) is 0 Å². The van der Waals surface area contributed by atoms with E-state index in [4.69, 9.17) is 4.74 Å². The summed E-state index contributed by atoms with van der Waals surface area (Å²) in [5.41, 5.74) is -7.58. The minimum atomic E-state index is -5.99. The third-order valence-electron chi connectivity index (χ3n) is 5.58. The summed E-state index contributed by atoms with van der Waals surface area (Å²) in [5.74, 6) is -2.24. The average molecular weight is 512 g/mol. The highest BCUT2D eigenvalue weighted by Gasteiger charge is 2.49. The van der Waals surface area contributed by atoms with Crippen molar-refractivity contribution in [1.82, 2.24) is 4.90 Å². The van der Waals surface area contributed by atoms with Crippen molar-refractivity contribution >= 4 is 22.0 Å². The van der Waals surface area contributed by atoms with Gasteiger partial charge in [0.1, 0.15) is 23.0 Å². The molecule has 1 aromatic rings. The first kappa shape index (κ1) is 27.9. The van der Waals surface area contributed by atoms with Crippen LogP contribution in [0.2, 0.25) is 0 Å². The molecule has 0 saturated carbocycles. The van der Waals surface area contributed by atoms with Gasteiger partial charge in [0.2, 0.25) is 0 Å². The van der Waals surface area contributed by atoms with E-state index < -0.39 is 44.3 Å². The van der Waals surface area contributed by atoms with E-state index >= 15 is 4.39 Å². The van der Waals surface area contributed by atoms with Crippen LogP contribution in [0, 0.1) is 5.82 Å². The van der Waals surface area contributed by atoms with Crippen LogP contribution in [-0.4, -0.2) is 49.4 Å². The quantitative estimate of drug-likeness (QED) is 0.308. The van der Waals surface area contributed by atoms with Crippen LogP contribution in [0.3, 0.4) is 0 Å². The van der Waals surface area contributed by atoms with E-state index in [-0.39, 0.29) is 49.3 Å². The maximum atomic E-state index is 15.4. The number of hydrogen-bond donors (Lipinski definition) is 0. The number of ether oxygens (including phenoxy) is 1. The smallest absolute Gasteiger partial charge is 0.444 e. The normalized spacial score (nSPS) is 16.8. The molecular weight excluding hydrogens is 482 g/mol. The van der Waals surface area contributed by atoms with Gasteiger partial charge in [-0.3, -0.25) is 4.79 Å². The van der Waals surface area contributed by atoms with E-state index in [1.54, 1.807) is 27.7 Å². The number of piperidine rings is 1. The predicted octanol–water partition coefficient (Wildman–Crippen LogP) is 4.86. The fourth-order valence-electron chi connectivity index (χ4n) is 4.04. The molecule has 1 aromatic carbocycles. The number of rotatable bonds is 6. The Morgan fingerprint density at radius 2 is 1.68 bits per heavy atom. The number of carbonyl (C=O) groups excluding carboxylic acids is 2. The Labute approximate surface area is 196 Å². The molecular formula is C22H29F4NO6S. The Morgan fingerprint density at radius 1 is 1.12 bits per heavy atom. The van der Waals surface area contributed by atoms with E-state index in [0.29, 0.717) is 12.5 Å². The molecule has 1 fully saturated rings. The highest BCUT2D eigenvalue weighted by molar-refractivity contribution is 7.88. The minimum absolute atomic E-state index is 0.0116. The zero-order valence-corrected chi connectivity index (χ0v) is 20.5. The molecule has 0 bridgehead atoms. The number of benzene rings is 1. The van der Waals surface area contributed by atoms with Crippen LogP contribution in [0.4, 0.5) is 22.4 Å². The SMILES string of the molecule is CCCc1cc(OS(=O)(=O)C(F)(F)F)cc(F)c1C1(C(C)=O)CCN(C(=O)OC(C)(C)C)CC1. The summed E-state index contributed by atoms with van der Waals surface area (Å²) in [6.45, 7) is 8.36. The van der Waals surface area contributed by atoms with Gasteiger partial charge in [-0.2, -0.15) is 21.6 Å². The Kier molecular flexibility index (Phi) is 7.96. The molecule has 0 aliphatic carbocycles. The summed E-state index contributed by atoms with van der Waals surface area (Å²) < 4.78 is 85.7. The molecule has 192 valence electrons. The van der Waals surface area contributed by atoms with Crippen molar-refractivity contribution < 1.29 is 44.5 Å². The van der Waals surface area contributed by atoms with Gasteiger partial charge in [-0.25, -0.2) is 9.18 Å². The van der Waals surface area contributed by atoms with Gasteiger partial charge >= 0.3 is 21.7 Å². The second kappa shape index (κ2) is 9.71. The lowest BCUT2D eigenvalue weighted by molar-refractivity contribution is -0.124. The maximum Gasteiger partial charge on any atom is 0.534 e. The molecule has 1 aliphatic heterocycles. The van der Waals surface area contributed by atoms with Crippen LogP contribution in [0.15, 0.2) is 12.1 Å². The van der Waals surface area contributed by atoms with Gasteiger partial charge in [0.15, 0.2) is 0 Å². The molecule has 34 heavy (non-hydrogen) atoms. The summed E-state index contributed by atoms with van der Waals surface area (Å²) in [6.07, 6.45) is 0.173. The molecule has 0 spiro atoms. The molecule has 2 rings (SSSR count). The van der Waals surface area contributed by atoms with Gasteiger partial charge in [-0.05, 0) is 58.6 Å². The summed E-state index contributed by atoms with van der Waals surface area (Å²) in [5, 5.41) is 0. The minimum Gasteiger partial charge on any atom is -0.444 e. The molecule has 0 atom stereocenters. The predicted molar refractivity (Wildman–Crippen MR) is 115 cm³/mol. The van der Waals surface area contributed by atoms with Crippen LogP contribution < -0.4 is 4.18 Å². The Morgan fingerprint density at radius 3 is 2.12 bits per heavy atom. The molecule has 1 saturated heterocycles. The van der Waals surface area contributed by atoms with Crippen LogP contribution in [0.1, 0.15) is 65.0 Å². The van der Waals surface area contributed by atoms with Crippen molar-refractivity contribution in [3.05, 3.63) is 29.1 Å². The Bertz CT molecular complexity index is 1040. The summed E-state index contributed by atoms with van der Waals surface area (Å²) in [6, 6.07) is 1.57. The second-order valence-electron chi connectivity index (χ2n) is 9.28. The van der Waals surface area contributed by atoms with Crippen LogP contribution in [0.25, 0.3) is 0 Å². The number of ketones is 1. The number of likely N-dealkylation sites (tertiary alicyclic amines) is 1. The average Bonchev–Trinajstić information content (AvgIpc) is 2.65. The van der Waals surface area contributed by atoms with Crippen molar-refractivity contribution in [3.8, 4) is 5.75 Å². The van der Waals surface area contributed by atoms with Gasteiger partial charge in [0.05, 0.1) is 5.41 Å². The standard InChI is InChI=1S/C22H29F4NO6S/c1-6-7-15-12-16(33-34(30,31)22(24,25)26)13-17(23)18(15)21(14(2)28)8-10-27(11-9-21)19(29)32-20(3,4)5/h12-13H,6-11H2,1-5H3. The van der Waals surface area contributed by atoms with Crippen molar-refractivity contribution in [2.24, 2.45) is 0 Å². The fourth-order valence-corrected chi connectivity index (χ4v) is 4.48. The molecule has 1 amide bonds. The molecule has 0 N–H and O–H groups in total. The summed E-state index contributed by atoms with van der Waals surface area (Å²) in [4.78, 5) is 26.6. The van der Waals surface area contributed by atoms with Gasteiger partial charge in [-0.15, -0.1) is 0 Å². The first-order valence-electron chi connectivity index (χ1n) is 10.8. The first-order valence-corrected chi connectivity index (χ1v) is 12.2. The lowest BCUT2D eigenvalue weighted by Gasteiger charge is -2.41. The molecule has 1 heterocycles. The fraction of sp³-hybridized carbons (Fsp3) is 0.636. The highest BCUT2D eigenvalue weighted by atomic mass is 32.2. The summed E-state index contributed by atoms with van der Waals surface area (Å²) >= 11 is 0. The van der Waals surface area contributed by atoms with Crippen molar-refractivity contribution in [2.45, 2.75) is 76.8 Å². The van der Waals surface area contributed by atoms with Crippen molar-refractivity contribution in [2.75, 3.05) is 13.1 Å². The third-order valence-corrected chi connectivity index (χ3v) is 6.55. The Balaban J connectivity index is 2.46. The number of amides is 1. The van der Waals surface area contributed by atoms with E-state index in [1.165, 1.54) is 11.8 Å². The summed E-state index contributed by atoms with van der Waals surface area (Å²) in [7, 11) is -5.99. The van der Waals surface area contributed by atoms with Crippen LogP contribution in [0.5, 0.6) is 5.75 Å². The number of carbonyl (C=O) groups is 2. The van der Waals surface area contributed by atoms with Crippen molar-refractivity contribution in [1.29, 1.82) is 0 Å². The number of alkyl halides is 3. The molecule has 0 radical (unpaired) electrons. The number of halogens is 4. The number of nitrogens with zero attached hydrogens (tertiary/aromatic N) is 1. The van der Waals surface area contributed by atoms with Crippen LogP contribution in [-0.2, 0) is 31.5 Å². The molecule has 0 unspecified atom stereocenters. The maximum absolute atomic E-state index is 15.4. The van der Waals surface area contributed by atoms with Gasteiger partial charge in [0, 0.05) is 24.7 Å². The Hall–Kier alpha value is -2.37. The molecule has 1 aliphatic rings. The lowest BCUT2D eigenvalue weighted by Crippen LogP contribution is -2.50. The van der Waals surface area contributed by atoms with Gasteiger partial charge in [0.25, 0.3) is 0 Å². The number of Topliss-reactive ketones (excluding diaryl/α,β-unsaturated/α-hetero) is 1. The molecule has 7 nitrogen and oxygen atoms in total. The van der Waals surface area contributed by atoms with E-state index in [2.05, 4.69) is 4.18 Å². The largest absolute Gasteiger partial charge is 0.534 e. The van der Waals surface area contributed by atoms with Gasteiger partial charge in [-0.1, -0.05) is 13.3 Å². The van der Waals surface area contributed by atoms with Gasteiger partial charge < -0.3 is 13.8 Å². The monoisotopic (exact) mass is 511 g/mol. The molecule has 0 aromatic heterocycles. The topological polar surface area (TPSA) is 90.0 Å². The number of aryl methyl sites for hydroxylation is 1.